The Bertz CT molecular complexity index is 1070. The molecule has 0 saturated heterocycles. The van der Waals surface area contributed by atoms with Crippen LogP contribution in [-0.4, -0.2) is 64.8 Å². The van der Waals surface area contributed by atoms with Crippen LogP contribution in [0.15, 0.2) is 42.5 Å². The molecule has 0 bridgehead atoms. The standard InChI is InChI=1S/C23H32NO5Si.3C4H9.Sn/c1-27-22(28-2)16-19-20(12-9-13-21(19)25)24(17-18-10-7-6-8-11-18)23(26)29-14-15-30(3,4)5;3*1-3-4-2;/h6-8,10-13,22,25H,14-17H2,1-5H3;3*1,3-4H2,2H3;. The van der Waals surface area contributed by atoms with Gasteiger partial charge < -0.3 is 0 Å². The molecular formula is C35H59NO5SiSn. The monoisotopic (exact) mass is 721 g/mol. The molecule has 0 fully saturated rings. The zero-order valence-corrected chi connectivity index (χ0v) is 32.2. The summed E-state index contributed by atoms with van der Waals surface area (Å²) in [5.41, 5.74) is 2.40. The summed E-state index contributed by atoms with van der Waals surface area (Å²) >= 11 is -2.98. The maximum absolute atomic E-state index is 14.0. The van der Waals surface area contributed by atoms with Gasteiger partial charge in [-0.15, -0.1) is 0 Å². The van der Waals surface area contributed by atoms with Crippen LogP contribution >= 0.6 is 0 Å². The Kier molecular flexibility index (Phi) is 16.7. The summed E-state index contributed by atoms with van der Waals surface area (Å²) in [7, 11) is 1.81. The Labute approximate surface area is 267 Å². The number of amides is 1. The van der Waals surface area contributed by atoms with Crippen molar-refractivity contribution in [2.24, 2.45) is 0 Å². The molecule has 6 nitrogen and oxygen atoms in total. The summed E-state index contributed by atoms with van der Waals surface area (Å²) in [6, 6.07) is 15.2. The maximum atomic E-state index is 14.0. The summed E-state index contributed by atoms with van der Waals surface area (Å²) in [6.07, 6.45) is 6.54. The normalized spacial score (nSPS) is 12.1. The number of phenolic OH excluding ortho intramolecular Hbond substituents is 1. The molecular weight excluding hydrogens is 661 g/mol. The van der Waals surface area contributed by atoms with Crippen LogP contribution in [0.25, 0.3) is 0 Å². The van der Waals surface area contributed by atoms with E-state index in [0.29, 0.717) is 25.1 Å². The number of benzene rings is 2. The van der Waals surface area contributed by atoms with Crippen LogP contribution in [-0.2, 0) is 27.2 Å². The third-order valence-electron chi connectivity index (χ3n) is 8.51. The van der Waals surface area contributed by atoms with E-state index < -0.39 is 32.7 Å². The second-order valence-electron chi connectivity index (χ2n) is 13.2. The van der Waals surface area contributed by atoms with E-state index in [0.717, 1.165) is 17.3 Å². The Morgan fingerprint density at radius 2 is 1.47 bits per heavy atom. The van der Waals surface area contributed by atoms with Crippen molar-refractivity contribution in [3.8, 4) is 5.75 Å². The average molecular weight is 721 g/mol. The number of hydrogen-bond acceptors (Lipinski definition) is 5. The van der Waals surface area contributed by atoms with Gasteiger partial charge >= 0.3 is 269 Å². The van der Waals surface area contributed by atoms with Crippen molar-refractivity contribution in [3.05, 3.63) is 53.6 Å². The van der Waals surface area contributed by atoms with Gasteiger partial charge in [-0.05, 0) is 0 Å². The summed E-state index contributed by atoms with van der Waals surface area (Å²) in [6.45, 7) is 14.4. The second kappa shape index (κ2) is 19.1. The number of carbonyl (C=O) groups is 1. The Morgan fingerprint density at radius 3 is 1.95 bits per heavy atom. The molecule has 0 aliphatic heterocycles. The molecule has 0 aliphatic carbocycles. The number of rotatable bonds is 20. The molecule has 2 aromatic carbocycles. The minimum atomic E-state index is -2.98. The second-order valence-corrected chi connectivity index (χ2v) is 32.0. The molecule has 2 aromatic rings. The fourth-order valence-corrected chi connectivity index (χ4v) is 22.4. The number of hydrogen-bond donors (Lipinski definition) is 1. The number of phenols is 1. The Balaban J connectivity index is 2.79. The van der Waals surface area contributed by atoms with Crippen molar-refractivity contribution in [2.75, 3.05) is 25.7 Å². The van der Waals surface area contributed by atoms with E-state index in [2.05, 4.69) is 52.5 Å². The quantitative estimate of drug-likeness (QED) is 0.109. The summed E-state index contributed by atoms with van der Waals surface area (Å²) in [5.74, 6) is 0.227. The SMILES string of the molecule is CCC[CH2][Sn]([CH2]CCC)([CH2]CCC)[c]1cc(O)c(CC(OC)OC)c(N(Cc2ccccc2)C(=O)OCC[Si](C)(C)C)c1. The van der Waals surface area contributed by atoms with Crippen LogP contribution in [0.5, 0.6) is 5.75 Å². The van der Waals surface area contributed by atoms with Gasteiger partial charge in [-0.1, -0.05) is 0 Å². The average Bonchev–Trinajstić information content (AvgIpc) is 2.98. The zero-order valence-electron chi connectivity index (χ0n) is 28.3. The number of carbonyl (C=O) groups excluding carboxylic acids is 1. The topological polar surface area (TPSA) is 68.2 Å². The summed E-state index contributed by atoms with van der Waals surface area (Å²) in [5, 5.41) is 11.8. The van der Waals surface area contributed by atoms with E-state index in [1.165, 1.54) is 55.4 Å². The number of unbranched alkanes of at least 4 members (excludes halogenated alkanes) is 3. The van der Waals surface area contributed by atoms with Gasteiger partial charge in [0.25, 0.3) is 0 Å². The third kappa shape index (κ3) is 12.0. The van der Waals surface area contributed by atoms with Crippen LogP contribution in [0.1, 0.15) is 70.4 Å². The van der Waals surface area contributed by atoms with Crippen LogP contribution in [0.3, 0.4) is 0 Å². The first-order chi connectivity index (χ1) is 20.5. The van der Waals surface area contributed by atoms with Crippen molar-refractivity contribution < 1.29 is 24.1 Å². The van der Waals surface area contributed by atoms with E-state index in [1.807, 2.05) is 30.3 Å². The van der Waals surface area contributed by atoms with E-state index in [9.17, 15) is 9.90 Å². The van der Waals surface area contributed by atoms with E-state index in [4.69, 9.17) is 14.2 Å². The molecule has 8 heteroatoms. The fourth-order valence-electron chi connectivity index (χ4n) is 5.72. The summed E-state index contributed by atoms with van der Waals surface area (Å²) < 4.78 is 22.3. The van der Waals surface area contributed by atoms with Crippen LogP contribution in [0.4, 0.5) is 10.5 Å². The molecule has 43 heavy (non-hydrogen) atoms. The van der Waals surface area contributed by atoms with Crippen molar-refractivity contribution in [3.63, 3.8) is 0 Å². The Hall–Kier alpha value is -1.55. The van der Waals surface area contributed by atoms with Crippen LogP contribution in [0, 0.1) is 0 Å². The molecule has 0 radical (unpaired) electrons. The van der Waals surface area contributed by atoms with Crippen molar-refractivity contribution in [1.82, 2.24) is 0 Å². The van der Waals surface area contributed by atoms with E-state index in [1.54, 1.807) is 19.1 Å². The third-order valence-corrected chi connectivity index (χ3v) is 25.8. The number of nitrogens with zero attached hydrogens (tertiary/aromatic N) is 1. The number of anilines is 1. The van der Waals surface area contributed by atoms with Gasteiger partial charge in [-0.3, -0.25) is 0 Å². The van der Waals surface area contributed by atoms with Gasteiger partial charge in [0.2, 0.25) is 0 Å². The molecule has 0 saturated carbocycles. The zero-order chi connectivity index (χ0) is 31.9. The van der Waals surface area contributed by atoms with Crippen molar-refractivity contribution in [1.29, 1.82) is 0 Å². The molecule has 1 N–H and O–H groups in total. The van der Waals surface area contributed by atoms with Gasteiger partial charge in [-0.2, -0.15) is 0 Å². The van der Waals surface area contributed by atoms with E-state index >= 15 is 0 Å². The molecule has 0 aromatic heterocycles. The molecule has 0 aliphatic rings. The number of methoxy groups -OCH3 is 2. The first-order valence-electron chi connectivity index (χ1n) is 16.4. The van der Waals surface area contributed by atoms with Gasteiger partial charge in [0, 0.05) is 0 Å². The van der Waals surface area contributed by atoms with Crippen molar-refractivity contribution >= 4 is 41.8 Å². The molecule has 242 valence electrons. The Morgan fingerprint density at radius 1 is 0.907 bits per heavy atom. The van der Waals surface area contributed by atoms with E-state index in [-0.39, 0.29) is 11.8 Å². The molecule has 0 atom stereocenters. The fraction of sp³-hybridized carbons (Fsp3) is 0.629. The first-order valence-corrected chi connectivity index (χ1v) is 27.6. The van der Waals surface area contributed by atoms with Crippen molar-refractivity contribution in [2.45, 2.75) is 118 Å². The molecule has 1 amide bonds. The summed E-state index contributed by atoms with van der Waals surface area (Å²) in [4.78, 5) is 15.7. The molecule has 0 spiro atoms. The first kappa shape index (κ1) is 37.6. The molecule has 0 unspecified atom stereocenters. The van der Waals surface area contributed by atoms with Gasteiger partial charge in [0.15, 0.2) is 0 Å². The van der Waals surface area contributed by atoms with Crippen LogP contribution < -0.4 is 8.48 Å². The minimum absolute atomic E-state index is 0.227. The molecule has 0 heterocycles. The predicted molar refractivity (Wildman–Crippen MR) is 186 cm³/mol. The number of ether oxygens (including phenoxy) is 3. The predicted octanol–water partition coefficient (Wildman–Crippen LogP) is 9.09. The van der Waals surface area contributed by atoms with Gasteiger partial charge in [-0.25, -0.2) is 0 Å². The molecule has 2 rings (SSSR count). The number of aromatic hydroxyl groups is 1. The van der Waals surface area contributed by atoms with Gasteiger partial charge in [0.1, 0.15) is 0 Å². The van der Waals surface area contributed by atoms with Gasteiger partial charge in [0.05, 0.1) is 0 Å². The van der Waals surface area contributed by atoms with Crippen LogP contribution in [0.2, 0.25) is 39.0 Å².